The second-order valence-electron chi connectivity index (χ2n) is 7.50. The van der Waals surface area contributed by atoms with E-state index in [9.17, 15) is 34.8 Å². The van der Waals surface area contributed by atoms with Crippen LogP contribution in [0.2, 0.25) is 0 Å². The first-order valence-corrected chi connectivity index (χ1v) is 12.8. The molecule has 0 atom stereocenters. The summed E-state index contributed by atoms with van der Waals surface area (Å²) in [6.45, 7) is 0. The lowest BCUT2D eigenvalue weighted by molar-refractivity contribution is -0.139. The molecule has 0 heterocycles. The Morgan fingerprint density at radius 1 is 0.939 bits per heavy atom. The Kier molecular flexibility index (Phi) is 7.05. The zero-order valence-electron chi connectivity index (χ0n) is 17.1. The number of nitrogens with one attached hydrogen (secondary N) is 1. The molecule has 1 fully saturated rings. The van der Waals surface area contributed by atoms with Gasteiger partial charge in [-0.3, -0.25) is 0 Å². The van der Waals surface area contributed by atoms with Gasteiger partial charge in [0.25, 0.3) is 0 Å². The number of hydrogen-bond acceptors (Lipinski definition) is 6. The molecular formula is C20H21F3N2O6S2. The van der Waals surface area contributed by atoms with Gasteiger partial charge in [-0.1, -0.05) is 18.2 Å². The molecule has 1 saturated carbocycles. The number of rotatable bonds is 6. The van der Waals surface area contributed by atoms with Crippen molar-refractivity contribution in [3.8, 4) is 0 Å². The van der Waals surface area contributed by atoms with Crippen molar-refractivity contribution in [2.45, 2.75) is 58.7 Å². The molecule has 2 aromatic rings. The van der Waals surface area contributed by atoms with Gasteiger partial charge in [0, 0.05) is 6.04 Å². The first kappa shape index (κ1) is 25.0. The Labute approximate surface area is 188 Å². The van der Waals surface area contributed by atoms with Gasteiger partial charge in [-0.15, -0.1) is 0 Å². The van der Waals surface area contributed by atoms with Crippen LogP contribution in [0.4, 0.5) is 18.0 Å². The molecule has 0 spiro atoms. The molecule has 0 saturated heterocycles. The Bertz CT molecular complexity index is 1220. The Morgan fingerprint density at radius 3 is 2.09 bits per heavy atom. The average molecular weight is 507 g/mol. The van der Waals surface area contributed by atoms with Gasteiger partial charge in [0.05, 0.1) is 20.2 Å². The third kappa shape index (κ3) is 5.84. The lowest BCUT2D eigenvalue weighted by Crippen LogP contribution is -2.40. The molecule has 3 rings (SSSR count). The smallest absolute Gasteiger partial charge is 0.417 e. The molecule has 13 heteroatoms. The highest BCUT2D eigenvalue weighted by molar-refractivity contribution is 7.91. The number of nitrogens with two attached hydrogens (primary N) is 1. The van der Waals surface area contributed by atoms with Gasteiger partial charge in [-0.25, -0.2) is 26.4 Å². The van der Waals surface area contributed by atoms with Crippen molar-refractivity contribution >= 4 is 26.0 Å². The molecule has 0 aromatic heterocycles. The van der Waals surface area contributed by atoms with Crippen molar-refractivity contribution in [2.24, 2.45) is 5.73 Å². The molecule has 1 amide bonds. The van der Waals surface area contributed by atoms with Gasteiger partial charge in [-0.05, 0) is 56.0 Å². The number of alkyl halides is 3. The third-order valence-electron chi connectivity index (χ3n) is 5.19. The van der Waals surface area contributed by atoms with Crippen molar-refractivity contribution < 1.29 is 39.5 Å². The monoisotopic (exact) mass is 506 g/mol. The average Bonchev–Trinajstić information content (AvgIpc) is 2.74. The highest BCUT2D eigenvalue weighted by Crippen LogP contribution is 2.36. The van der Waals surface area contributed by atoms with E-state index in [0.29, 0.717) is 12.1 Å². The van der Waals surface area contributed by atoms with Crippen LogP contribution in [0.15, 0.2) is 63.2 Å². The maximum Gasteiger partial charge on any atom is 0.417 e. The number of benzene rings is 2. The minimum atomic E-state index is -5.04. The van der Waals surface area contributed by atoms with E-state index in [-0.39, 0.29) is 30.6 Å². The van der Waals surface area contributed by atoms with Crippen LogP contribution in [0.3, 0.4) is 0 Å². The van der Waals surface area contributed by atoms with Crippen molar-refractivity contribution in [1.82, 2.24) is 4.72 Å². The number of ether oxygens (including phenoxy) is 1. The van der Waals surface area contributed by atoms with Crippen LogP contribution in [0.25, 0.3) is 0 Å². The Morgan fingerprint density at radius 2 is 1.55 bits per heavy atom. The van der Waals surface area contributed by atoms with E-state index in [2.05, 4.69) is 4.72 Å². The van der Waals surface area contributed by atoms with Crippen molar-refractivity contribution in [1.29, 1.82) is 0 Å². The molecule has 0 radical (unpaired) electrons. The van der Waals surface area contributed by atoms with Gasteiger partial charge in [0.15, 0.2) is 0 Å². The quantitative estimate of drug-likeness (QED) is 0.618. The minimum Gasteiger partial charge on any atom is -0.446 e. The van der Waals surface area contributed by atoms with Gasteiger partial charge in [0.2, 0.25) is 19.9 Å². The minimum absolute atomic E-state index is 0.186. The van der Waals surface area contributed by atoms with Gasteiger partial charge < -0.3 is 10.5 Å². The maximum absolute atomic E-state index is 13.6. The Balaban J connectivity index is 1.95. The predicted molar refractivity (Wildman–Crippen MR) is 110 cm³/mol. The summed E-state index contributed by atoms with van der Waals surface area (Å²) in [5.41, 5.74) is 3.48. The summed E-state index contributed by atoms with van der Waals surface area (Å²) in [5.74, 6) is 0. The van der Waals surface area contributed by atoms with Crippen molar-refractivity contribution in [3.05, 3.63) is 54.1 Å². The lowest BCUT2D eigenvalue weighted by atomic mass is 9.94. The van der Waals surface area contributed by atoms with E-state index in [1.54, 1.807) is 6.07 Å². The van der Waals surface area contributed by atoms with Crippen molar-refractivity contribution in [2.75, 3.05) is 0 Å². The topological polar surface area (TPSA) is 133 Å². The number of carbonyl (C=O) groups excluding carboxylic acids is 1. The van der Waals surface area contributed by atoms with E-state index < -0.39 is 59.6 Å². The number of carbonyl (C=O) groups is 1. The highest BCUT2D eigenvalue weighted by atomic mass is 32.2. The number of sulfonamides is 1. The second kappa shape index (κ2) is 9.31. The van der Waals surface area contributed by atoms with Gasteiger partial charge >= 0.3 is 12.3 Å². The molecule has 8 nitrogen and oxygen atoms in total. The molecule has 3 N–H and O–H groups in total. The first-order valence-electron chi connectivity index (χ1n) is 9.80. The van der Waals surface area contributed by atoms with Crippen LogP contribution in [0.1, 0.15) is 31.2 Å². The number of halogens is 3. The van der Waals surface area contributed by atoms with Crippen LogP contribution < -0.4 is 10.5 Å². The molecule has 0 bridgehead atoms. The van der Waals surface area contributed by atoms with Crippen LogP contribution in [0.5, 0.6) is 0 Å². The maximum atomic E-state index is 13.6. The van der Waals surface area contributed by atoms with E-state index in [1.165, 1.54) is 24.3 Å². The lowest BCUT2D eigenvalue weighted by Gasteiger charge is -2.28. The fraction of sp³-hybridized carbons (Fsp3) is 0.350. The summed E-state index contributed by atoms with van der Waals surface area (Å²) in [4.78, 5) is 8.90. The van der Waals surface area contributed by atoms with E-state index in [4.69, 9.17) is 10.5 Å². The zero-order valence-corrected chi connectivity index (χ0v) is 18.7. The second-order valence-corrected chi connectivity index (χ2v) is 11.1. The summed E-state index contributed by atoms with van der Waals surface area (Å²) in [6, 6.07) is 7.93. The Hall–Kier alpha value is -2.64. The van der Waals surface area contributed by atoms with Crippen molar-refractivity contribution in [3.63, 3.8) is 0 Å². The van der Waals surface area contributed by atoms with Gasteiger partial charge in [-0.2, -0.15) is 13.2 Å². The molecule has 1 aliphatic carbocycles. The molecule has 0 unspecified atom stereocenters. The summed E-state index contributed by atoms with van der Waals surface area (Å²) in [6.07, 6.45) is -5.58. The normalized spacial score (nSPS) is 19.7. The summed E-state index contributed by atoms with van der Waals surface area (Å²) >= 11 is 0. The molecule has 33 heavy (non-hydrogen) atoms. The SMILES string of the molecule is NC(=O)OC1CCC(NS(=O)(=O)c2cc(S(=O)(=O)c3ccccc3)ccc2C(F)(F)F)CC1. The fourth-order valence-corrected chi connectivity index (χ4v) is 6.55. The first-order chi connectivity index (χ1) is 15.3. The largest absolute Gasteiger partial charge is 0.446 e. The summed E-state index contributed by atoms with van der Waals surface area (Å²) in [7, 11) is -9.00. The fourth-order valence-electron chi connectivity index (χ4n) is 3.61. The number of amides is 1. The summed E-state index contributed by atoms with van der Waals surface area (Å²) < 4.78 is 99.4. The third-order valence-corrected chi connectivity index (χ3v) is 8.52. The van der Waals surface area contributed by atoms with Crippen LogP contribution >= 0.6 is 0 Å². The van der Waals surface area contributed by atoms with Crippen LogP contribution in [-0.4, -0.2) is 35.1 Å². The molecule has 2 aromatic carbocycles. The number of hydrogen-bond donors (Lipinski definition) is 2. The molecular weight excluding hydrogens is 485 g/mol. The molecule has 180 valence electrons. The van der Waals surface area contributed by atoms with E-state index >= 15 is 0 Å². The van der Waals surface area contributed by atoms with Gasteiger partial charge in [0.1, 0.15) is 6.10 Å². The highest BCUT2D eigenvalue weighted by Gasteiger charge is 2.39. The summed E-state index contributed by atoms with van der Waals surface area (Å²) in [5, 5.41) is 0. The van der Waals surface area contributed by atoms with E-state index in [0.717, 1.165) is 6.07 Å². The predicted octanol–water partition coefficient (Wildman–Crippen LogP) is 3.22. The number of primary amides is 1. The van der Waals surface area contributed by atoms with E-state index in [1.807, 2.05) is 0 Å². The molecule has 1 aliphatic rings. The van der Waals surface area contributed by atoms with Crippen LogP contribution in [-0.2, 0) is 30.8 Å². The zero-order chi connectivity index (χ0) is 24.4. The van der Waals surface area contributed by atoms with Crippen LogP contribution in [0, 0.1) is 0 Å². The number of sulfone groups is 1. The molecule has 0 aliphatic heterocycles. The standard InChI is InChI=1S/C20H21F3N2O6S2/c21-20(22,23)17-11-10-16(32(27,28)15-4-2-1-3-5-15)12-18(17)33(29,30)25-13-6-8-14(9-7-13)31-19(24)26/h1-5,10-14,25H,6-9H2,(H2,24,26).